The Kier molecular flexibility index (Phi) is 7.43. The van der Waals surface area contributed by atoms with E-state index < -0.39 is 6.36 Å². The number of rotatable bonds is 5. The van der Waals surface area contributed by atoms with Crippen molar-refractivity contribution < 1.29 is 22.7 Å². The van der Waals surface area contributed by atoms with Crippen LogP contribution in [-0.2, 0) is 19.6 Å². The van der Waals surface area contributed by atoms with Crippen LogP contribution in [-0.4, -0.2) is 17.2 Å². The van der Waals surface area contributed by atoms with Crippen molar-refractivity contribution in [3.05, 3.63) is 88.5 Å². The smallest absolute Gasteiger partial charge is 0.406 e. The number of carbonyl (C=O) groups is 1. The maximum Gasteiger partial charge on any atom is 0.573 e. The number of nitrogens with zero attached hydrogens (tertiary/aromatic N) is 1. The molecule has 1 aliphatic heterocycles. The number of ether oxygens (including phenoxy) is 1. The largest absolute Gasteiger partial charge is 0.573 e. The first-order valence-corrected chi connectivity index (χ1v) is 10.8. The predicted molar refractivity (Wildman–Crippen MR) is 123 cm³/mol. The molecule has 4 nitrogen and oxygen atoms in total. The Morgan fingerprint density at radius 3 is 2.12 bits per heavy atom. The molecule has 0 aliphatic carbocycles. The zero-order chi connectivity index (χ0) is 24.2. The van der Waals surface area contributed by atoms with Gasteiger partial charge in [0, 0.05) is 25.2 Å². The van der Waals surface area contributed by atoms with Crippen LogP contribution in [0.15, 0.2) is 60.7 Å². The summed E-state index contributed by atoms with van der Waals surface area (Å²) in [5.41, 5.74) is 12.1. The summed E-state index contributed by atoms with van der Waals surface area (Å²) in [6.07, 6.45) is -4.73. The minimum atomic E-state index is -4.73. The van der Waals surface area contributed by atoms with Crippen molar-refractivity contribution in [2.45, 2.75) is 46.8 Å². The molecule has 0 aromatic heterocycles. The summed E-state index contributed by atoms with van der Waals surface area (Å²) in [6, 6.07) is 17.6. The molecule has 2 N–H and O–H groups in total. The lowest BCUT2D eigenvalue weighted by molar-refractivity contribution is -0.274. The van der Waals surface area contributed by atoms with Crippen LogP contribution < -0.4 is 10.5 Å². The van der Waals surface area contributed by atoms with Gasteiger partial charge in [-0.2, -0.15) is 0 Å². The topological polar surface area (TPSA) is 55.6 Å². The number of carbonyl (C=O) groups excluding carboxylic acids is 1. The van der Waals surface area contributed by atoms with Gasteiger partial charge in [-0.1, -0.05) is 56.3 Å². The van der Waals surface area contributed by atoms with E-state index >= 15 is 0 Å². The van der Waals surface area contributed by atoms with Crippen LogP contribution in [0.25, 0.3) is 11.1 Å². The summed E-state index contributed by atoms with van der Waals surface area (Å²) in [6.45, 7) is 7.15. The van der Waals surface area contributed by atoms with Gasteiger partial charge in [-0.25, -0.2) is 0 Å². The zero-order valence-corrected chi connectivity index (χ0v) is 18.9. The molecule has 4 rings (SSSR count). The lowest BCUT2D eigenvalue weighted by Gasteiger charge is -2.16. The molecule has 3 aromatic rings. The van der Waals surface area contributed by atoms with Crippen LogP contribution in [0.3, 0.4) is 0 Å². The number of halogens is 3. The quantitative estimate of drug-likeness (QED) is 0.497. The fraction of sp³-hybridized carbons (Fsp3) is 0.269. The van der Waals surface area contributed by atoms with Crippen LogP contribution in [0.1, 0.15) is 46.5 Å². The zero-order valence-electron chi connectivity index (χ0n) is 18.9. The van der Waals surface area contributed by atoms with Crippen molar-refractivity contribution in [1.29, 1.82) is 0 Å². The van der Waals surface area contributed by atoms with E-state index in [-0.39, 0.29) is 11.7 Å². The summed E-state index contributed by atoms with van der Waals surface area (Å²) >= 11 is 0. The van der Waals surface area contributed by atoms with Crippen LogP contribution >= 0.6 is 0 Å². The van der Waals surface area contributed by atoms with E-state index in [0.29, 0.717) is 25.2 Å². The summed E-state index contributed by atoms with van der Waals surface area (Å²) in [5.74, 6) is -0.360. The highest BCUT2D eigenvalue weighted by Crippen LogP contribution is 2.32. The lowest BCUT2D eigenvalue weighted by Crippen LogP contribution is -2.23. The SMILES string of the molecule is CC.Cc1cc(-c2ccc(CN)cc2)cc2c1C(=O)N(Cc1ccc(OC(F)(F)F)cc1)C2. The number of aryl methyl sites for hydroxylation is 1. The van der Waals surface area contributed by atoms with E-state index in [2.05, 4.69) is 4.74 Å². The van der Waals surface area contributed by atoms with E-state index in [4.69, 9.17) is 5.73 Å². The Labute approximate surface area is 191 Å². The van der Waals surface area contributed by atoms with Crippen LogP contribution in [0.4, 0.5) is 13.2 Å². The minimum Gasteiger partial charge on any atom is -0.406 e. The standard InChI is InChI=1S/C24H21F3N2O2.C2H6/c1-15-10-19(18-6-2-16(12-28)3-7-18)11-20-14-29(23(30)22(15)20)13-17-4-8-21(9-5-17)31-24(25,26)27;1-2/h2-11H,12-14,28H2,1H3;1-2H3. The van der Waals surface area contributed by atoms with Crippen molar-refractivity contribution in [2.75, 3.05) is 0 Å². The second kappa shape index (κ2) is 10.1. The first-order valence-electron chi connectivity index (χ1n) is 10.8. The molecular formula is C26H27F3N2O2. The average Bonchev–Trinajstić information content (AvgIpc) is 3.11. The molecule has 0 unspecified atom stereocenters. The number of amides is 1. The number of nitrogens with two attached hydrogens (primary N) is 1. The van der Waals surface area contributed by atoms with Gasteiger partial charge in [-0.3, -0.25) is 4.79 Å². The molecule has 0 spiro atoms. The van der Waals surface area contributed by atoms with E-state index in [1.54, 1.807) is 4.90 Å². The Morgan fingerprint density at radius 2 is 1.55 bits per heavy atom. The Morgan fingerprint density at radius 1 is 0.939 bits per heavy atom. The molecule has 7 heteroatoms. The Bertz CT molecular complexity index is 1110. The molecule has 1 aliphatic rings. The molecule has 33 heavy (non-hydrogen) atoms. The molecule has 0 fully saturated rings. The van der Waals surface area contributed by atoms with Gasteiger partial charge in [-0.05, 0) is 58.5 Å². The van der Waals surface area contributed by atoms with Gasteiger partial charge in [0.1, 0.15) is 5.75 Å². The maximum atomic E-state index is 12.9. The van der Waals surface area contributed by atoms with Crippen LogP contribution in [0.2, 0.25) is 0 Å². The normalized spacial score (nSPS) is 12.8. The first kappa shape index (κ1) is 24.3. The summed E-state index contributed by atoms with van der Waals surface area (Å²) in [4.78, 5) is 14.6. The summed E-state index contributed by atoms with van der Waals surface area (Å²) < 4.78 is 40.9. The number of fused-ring (bicyclic) bond motifs is 1. The Hall–Kier alpha value is -3.32. The van der Waals surface area contributed by atoms with Crippen molar-refractivity contribution >= 4 is 5.91 Å². The molecule has 174 valence electrons. The predicted octanol–water partition coefficient (Wildman–Crippen LogP) is 6.20. The number of benzene rings is 3. The molecule has 0 saturated carbocycles. The van der Waals surface area contributed by atoms with Gasteiger partial charge in [0.15, 0.2) is 0 Å². The van der Waals surface area contributed by atoms with E-state index in [9.17, 15) is 18.0 Å². The molecular weight excluding hydrogens is 429 g/mol. The fourth-order valence-corrected chi connectivity index (χ4v) is 3.87. The molecule has 3 aromatic carbocycles. The molecule has 0 atom stereocenters. The second-order valence-corrected chi connectivity index (χ2v) is 7.58. The minimum absolute atomic E-state index is 0.0758. The third-order valence-corrected chi connectivity index (χ3v) is 5.33. The van der Waals surface area contributed by atoms with Crippen molar-refractivity contribution in [3.63, 3.8) is 0 Å². The van der Waals surface area contributed by atoms with Gasteiger partial charge < -0.3 is 15.4 Å². The highest BCUT2D eigenvalue weighted by Gasteiger charge is 2.31. The average molecular weight is 457 g/mol. The van der Waals surface area contributed by atoms with Crippen molar-refractivity contribution in [2.24, 2.45) is 5.73 Å². The number of hydrogen-bond acceptors (Lipinski definition) is 3. The van der Waals surface area contributed by atoms with Gasteiger partial charge in [0.25, 0.3) is 5.91 Å². The monoisotopic (exact) mass is 456 g/mol. The number of hydrogen-bond donors (Lipinski definition) is 1. The third kappa shape index (κ3) is 5.73. The molecule has 1 heterocycles. The van der Waals surface area contributed by atoms with Crippen LogP contribution in [0.5, 0.6) is 5.75 Å². The first-order chi connectivity index (χ1) is 15.7. The molecule has 0 saturated heterocycles. The highest BCUT2D eigenvalue weighted by molar-refractivity contribution is 6.00. The molecule has 1 amide bonds. The lowest BCUT2D eigenvalue weighted by atomic mass is 9.96. The van der Waals surface area contributed by atoms with Gasteiger partial charge >= 0.3 is 6.36 Å². The number of alkyl halides is 3. The van der Waals surface area contributed by atoms with E-state index in [1.807, 2.05) is 57.2 Å². The van der Waals surface area contributed by atoms with Crippen molar-refractivity contribution in [3.8, 4) is 16.9 Å². The molecule has 0 bridgehead atoms. The summed E-state index contributed by atoms with van der Waals surface area (Å²) in [7, 11) is 0. The van der Waals surface area contributed by atoms with Crippen LogP contribution in [0, 0.1) is 6.92 Å². The van der Waals surface area contributed by atoms with E-state index in [1.165, 1.54) is 24.3 Å². The third-order valence-electron chi connectivity index (χ3n) is 5.33. The molecule has 0 radical (unpaired) electrons. The van der Waals surface area contributed by atoms with Gasteiger partial charge in [0.05, 0.1) is 0 Å². The van der Waals surface area contributed by atoms with E-state index in [0.717, 1.165) is 33.4 Å². The Balaban J connectivity index is 0.00000149. The second-order valence-electron chi connectivity index (χ2n) is 7.58. The maximum absolute atomic E-state index is 12.9. The van der Waals surface area contributed by atoms with Gasteiger partial charge in [-0.15, -0.1) is 13.2 Å². The van der Waals surface area contributed by atoms with Crippen molar-refractivity contribution in [1.82, 2.24) is 4.90 Å². The highest BCUT2D eigenvalue weighted by atomic mass is 19.4. The summed E-state index contributed by atoms with van der Waals surface area (Å²) in [5, 5.41) is 0. The fourth-order valence-electron chi connectivity index (χ4n) is 3.87. The van der Waals surface area contributed by atoms with Gasteiger partial charge in [0.2, 0.25) is 0 Å².